The van der Waals surface area contributed by atoms with E-state index in [2.05, 4.69) is 53.5 Å². The normalized spacial score (nSPS) is 12.1. The Bertz CT molecular complexity index is 735. The predicted molar refractivity (Wildman–Crippen MR) is 125 cm³/mol. The van der Waals surface area contributed by atoms with E-state index in [1.165, 1.54) is 5.56 Å². The zero-order valence-electron chi connectivity index (χ0n) is 17.2. The molecule has 1 aromatic heterocycles. The van der Waals surface area contributed by atoms with Crippen molar-refractivity contribution in [3.63, 3.8) is 0 Å². The molecule has 2 N–H and O–H groups in total. The van der Waals surface area contributed by atoms with Crippen LogP contribution >= 0.6 is 24.0 Å². The van der Waals surface area contributed by atoms with Gasteiger partial charge in [-0.1, -0.05) is 26.0 Å². The van der Waals surface area contributed by atoms with E-state index in [1.807, 2.05) is 24.3 Å². The van der Waals surface area contributed by atoms with Crippen molar-refractivity contribution < 1.29 is 9.47 Å². The second-order valence-corrected chi connectivity index (χ2v) is 6.77. The molecule has 6 nitrogen and oxygen atoms in total. The largest absolute Gasteiger partial charge is 0.493 e. The van der Waals surface area contributed by atoms with Gasteiger partial charge in [-0.25, -0.2) is 4.98 Å². The van der Waals surface area contributed by atoms with E-state index in [1.54, 1.807) is 20.4 Å². The molecule has 0 aliphatic rings. The highest BCUT2D eigenvalue weighted by atomic mass is 127. The molecule has 0 radical (unpaired) electrons. The maximum absolute atomic E-state index is 5.74. The first-order chi connectivity index (χ1) is 13.0. The zero-order valence-corrected chi connectivity index (χ0v) is 19.6. The van der Waals surface area contributed by atoms with Gasteiger partial charge in [-0.15, -0.1) is 24.0 Å². The van der Waals surface area contributed by atoms with Crippen molar-refractivity contribution in [1.29, 1.82) is 0 Å². The first kappa shape index (κ1) is 24.0. The topological polar surface area (TPSA) is 67.8 Å². The molecule has 2 aromatic rings. The fourth-order valence-electron chi connectivity index (χ4n) is 2.46. The fourth-order valence-corrected chi connectivity index (χ4v) is 2.46. The number of nitrogens with zero attached hydrogens (tertiary/aromatic N) is 2. The second kappa shape index (κ2) is 12.4. The molecule has 0 saturated heterocycles. The number of benzene rings is 1. The third kappa shape index (κ3) is 7.92. The van der Waals surface area contributed by atoms with E-state index < -0.39 is 0 Å². The van der Waals surface area contributed by atoms with Crippen LogP contribution in [-0.4, -0.2) is 31.7 Å². The summed E-state index contributed by atoms with van der Waals surface area (Å²) in [6.07, 6.45) is 1.73. The van der Waals surface area contributed by atoms with Gasteiger partial charge in [0.15, 0.2) is 5.96 Å². The van der Waals surface area contributed by atoms with Crippen LogP contribution in [0.2, 0.25) is 0 Å². The molecule has 1 unspecified atom stereocenters. The highest BCUT2D eigenvalue weighted by molar-refractivity contribution is 14.0. The standard InChI is InChI=1S/C21H30N4O2.HI/c1-15(2)14-27-19-8-6-18(7-9-19)16(3)25-21(22-4)24-13-17-10-11-23-20(12-17)26-5;/h6-12,15-16H,13-14H2,1-5H3,(H2,22,24,25);1H. The number of hydrogen-bond donors (Lipinski definition) is 2. The fraction of sp³-hybridized carbons (Fsp3) is 0.429. The zero-order chi connectivity index (χ0) is 19.6. The Hall–Kier alpha value is -2.03. The minimum Gasteiger partial charge on any atom is -0.493 e. The van der Waals surface area contributed by atoms with Crippen LogP contribution in [0.4, 0.5) is 0 Å². The van der Waals surface area contributed by atoms with Gasteiger partial charge in [0, 0.05) is 25.9 Å². The molecule has 1 atom stereocenters. The number of ether oxygens (including phenoxy) is 2. The molecule has 0 aliphatic heterocycles. The lowest BCUT2D eigenvalue weighted by Crippen LogP contribution is -2.38. The Labute approximate surface area is 185 Å². The van der Waals surface area contributed by atoms with E-state index >= 15 is 0 Å². The summed E-state index contributed by atoms with van der Waals surface area (Å²) in [6, 6.07) is 12.1. The van der Waals surface area contributed by atoms with Gasteiger partial charge >= 0.3 is 0 Å². The van der Waals surface area contributed by atoms with Gasteiger partial charge in [-0.2, -0.15) is 0 Å². The summed E-state index contributed by atoms with van der Waals surface area (Å²) >= 11 is 0. The summed E-state index contributed by atoms with van der Waals surface area (Å²) in [7, 11) is 3.37. The number of hydrogen-bond acceptors (Lipinski definition) is 4. The molecule has 0 bridgehead atoms. The molecule has 0 aliphatic carbocycles. The lowest BCUT2D eigenvalue weighted by atomic mass is 10.1. The van der Waals surface area contributed by atoms with Crippen LogP contribution in [0.25, 0.3) is 0 Å². The minimum atomic E-state index is 0. The summed E-state index contributed by atoms with van der Waals surface area (Å²) < 4.78 is 10.9. The van der Waals surface area contributed by atoms with Gasteiger partial charge in [0.1, 0.15) is 5.75 Å². The van der Waals surface area contributed by atoms with Gasteiger partial charge < -0.3 is 20.1 Å². The molecule has 0 fully saturated rings. The van der Waals surface area contributed by atoms with Crippen LogP contribution in [0, 0.1) is 5.92 Å². The number of methoxy groups -OCH3 is 1. The van der Waals surface area contributed by atoms with Gasteiger partial charge in [-0.3, -0.25) is 4.99 Å². The Morgan fingerprint density at radius 1 is 1.14 bits per heavy atom. The quantitative estimate of drug-likeness (QED) is 0.325. The van der Waals surface area contributed by atoms with Gasteiger partial charge in [0.05, 0.1) is 19.8 Å². The molecule has 0 saturated carbocycles. The summed E-state index contributed by atoms with van der Waals surface area (Å²) in [5.74, 6) is 2.75. The number of guanidine groups is 1. The molecule has 0 spiro atoms. The SMILES string of the molecule is CN=C(NCc1ccnc(OC)c1)NC(C)c1ccc(OCC(C)C)cc1.I. The summed E-state index contributed by atoms with van der Waals surface area (Å²) in [6.45, 7) is 7.74. The average molecular weight is 498 g/mol. The molecule has 28 heavy (non-hydrogen) atoms. The van der Waals surface area contributed by atoms with E-state index in [-0.39, 0.29) is 30.0 Å². The molecular formula is C21H31IN4O2. The van der Waals surface area contributed by atoms with Crippen LogP contribution in [0.3, 0.4) is 0 Å². The van der Waals surface area contributed by atoms with Crippen molar-refractivity contribution in [2.24, 2.45) is 10.9 Å². The summed E-state index contributed by atoms with van der Waals surface area (Å²) in [5.41, 5.74) is 2.24. The van der Waals surface area contributed by atoms with Crippen molar-refractivity contribution in [1.82, 2.24) is 15.6 Å². The van der Waals surface area contributed by atoms with Gasteiger partial charge in [0.25, 0.3) is 0 Å². The maximum Gasteiger partial charge on any atom is 0.213 e. The number of pyridine rings is 1. The van der Waals surface area contributed by atoms with Crippen molar-refractivity contribution in [2.75, 3.05) is 20.8 Å². The average Bonchev–Trinajstić information content (AvgIpc) is 2.69. The molecule has 1 aromatic carbocycles. The Balaban J connectivity index is 0.00000392. The smallest absolute Gasteiger partial charge is 0.213 e. The number of rotatable bonds is 8. The number of halogens is 1. The third-order valence-electron chi connectivity index (χ3n) is 4.01. The van der Waals surface area contributed by atoms with Crippen LogP contribution in [0.15, 0.2) is 47.6 Å². The third-order valence-corrected chi connectivity index (χ3v) is 4.01. The molecule has 0 amide bonds. The number of aliphatic imine (C=N–C) groups is 1. The van der Waals surface area contributed by atoms with Gasteiger partial charge in [0.2, 0.25) is 5.88 Å². The first-order valence-corrected chi connectivity index (χ1v) is 9.20. The molecule has 154 valence electrons. The monoisotopic (exact) mass is 498 g/mol. The second-order valence-electron chi connectivity index (χ2n) is 6.77. The van der Waals surface area contributed by atoms with Gasteiger partial charge in [-0.05, 0) is 42.2 Å². The minimum absolute atomic E-state index is 0. The van der Waals surface area contributed by atoms with Crippen molar-refractivity contribution in [3.8, 4) is 11.6 Å². The lowest BCUT2D eigenvalue weighted by Gasteiger charge is -2.19. The van der Waals surface area contributed by atoms with E-state index in [9.17, 15) is 0 Å². The van der Waals surface area contributed by atoms with Crippen LogP contribution in [0.1, 0.15) is 37.9 Å². The highest BCUT2D eigenvalue weighted by Crippen LogP contribution is 2.18. The predicted octanol–water partition coefficient (Wildman–Crippen LogP) is 4.17. The Morgan fingerprint density at radius 2 is 1.86 bits per heavy atom. The summed E-state index contributed by atoms with van der Waals surface area (Å²) in [4.78, 5) is 8.42. The van der Waals surface area contributed by atoms with E-state index in [0.29, 0.717) is 18.3 Å². The Morgan fingerprint density at radius 3 is 2.46 bits per heavy atom. The Kier molecular flexibility index (Phi) is 10.7. The van der Waals surface area contributed by atoms with Crippen LogP contribution in [-0.2, 0) is 6.54 Å². The molecular weight excluding hydrogens is 467 g/mol. The summed E-state index contributed by atoms with van der Waals surface area (Å²) in [5, 5.41) is 6.72. The van der Waals surface area contributed by atoms with Crippen molar-refractivity contribution in [2.45, 2.75) is 33.4 Å². The lowest BCUT2D eigenvalue weighted by molar-refractivity contribution is 0.271. The highest BCUT2D eigenvalue weighted by Gasteiger charge is 2.08. The number of nitrogens with one attached hydrogen (secondary N) is 2. The van der Waals surface area contributed by atoms with Crippen LogP contribution in [0.5, 0.6) is 11.6 Å². The first-order valence-electron chi connectivity index (χ1n) is 9.20. The molecule has 1 heterocycles. The van der Waals surface area contributed by atoms with E-state index in [0.717, 1.165) is 23.9 Å². The van der Waals surface area contributed by atoms with Crippen LogP contribution < -0.4 is 20.1 Å². The molecule has 7 heteroatoms. The number of aromatic nitrogens is 1. The van der Waals surface area contributed by atoms with Crippen molar-refractivity contribution in [3.05, 3.63) is 53.7 Å². The maximum atomic E-state index is 5.74. The van der Waals surface area contributed by atoms with Crippen molar-refractivity contribution >= 4 is 29.9 Å². The van der Waals surface area contributed by atoms with E-state index in [4.69, 9.17) is 9.47 Å². The molecule has 2 rings (SSSR count).